The molecule has 1 unspecified atom stereocenters. The number of hydrogen-bond donors (Lipinski definition) is 4. The van der Waals surface area contributed by atoms with Crippen LogP contribution in [-0.2, 0) is 4.74 Å². The Morgan fingerprint density at radius 3 is 2.64 bits per heavy atom. The molecule has 9 nitrogen and oxygen atoms in total. The number of nitrogens with one attached hydrogen (secondary N) is 3. The van der Waals surface area contributed by atoms with Gasteiger partial charge in [0.05, 0.1) is 39.6 Å². The number of amides is 1. The van der Waals surface area contributed by atoms with Gasteiger partial charge in [-0.3, -0.25) is 4.79 Å². The Morgan fingerprint density at radius 1 is 1.36 bits per heavy atom. The molecule has 0 radical (unpaired) electrons. The SMILES string of the molecule is COC1(C)CCC(Nc2cc(Nc3ncc(C#N)cc3Cl)ncc2C(=O)NCC(F)C(C)(C)O)CC1. The number of carbonyl (C=O) groups is 1. The Morgan fingerprint density at radius 2 is 2.06 bits per heavy atom. The fourth-order valence-corrected chi connectivity index (χ4v) is 4.07. The highest BCUT2D eigenvalue weighted by Crippen LogP contribution is 2.33. The van der Waals surface area contributed by atoms with Crippen LogP contribution in [0.5, 0.6) is 0 Å². The molecule has 1 aliphatic rings. The van der Waals surface area contributed by atoms with Crippen molar-refractivity contribution < 1.29 is 19.0 Å². The zero-order valence-electron chi connectivity index (χ0n) is 20.9. The minimum atomic E-state index is -1.64. The summed E-state index contributed by atoms with van der Waals surface area (Å²) >= 11 is 6.23. The van der Waals surface area contributed by atoms with Crippen LogP contribution >= 0.6 is 11.6 Å². The van der Waals surface area contributed by atoms with Crippen LogP contribution in [0, 0.1) is 11.3 Å². The second kappa shape index (κ2) is 11.4. The number of pyridine rings is 2. The number of nitrogens with zero attached hydrogens (tertiary/aromatic N) is 3. The molecule has 2 heterocycles. The smallest absolute Gasteiger partial charge is 0.255 e. The molecule has 0 saturated heterocycles. The average Bonchev–Trinajstić information content (AvgIpc) is 2.84. The lowest BCUT2D eigenvalue weighted by Crippen LogP contribution is -2.42. The van der Waals surface area contributed by atoms with Crippen LogP contribution in [0.4, 0.5) is 21.7 Å². The normalized spacial score (nSPS) is 20.8. The van der Waals surface area contributed by atoms with E-state index in [0.717, 1.165) is 25.7 Å². The van der Waals surface area contributed by atoms with E-state index in [9.17, 15) is 14.3 Å². The molecule has 1 amide bonds. The van der Waals surface area contributed by atoms with Crippen molar-refractivity contribution in [2.24, 2.45) is 0 Å². The number of anilines is 3. The molecule has 36 heavy (non-hydrogen) atoms. The molecule has 1 saturated carbocycles. The average molecular weight is 519 g/mol. The first-order valence-corrected chi connectivity index (χ1v) is 12.1. The molecule has 1 atom stereocenters. The van der Waals surface area contributed by atoms with E-state index in [0.29, 0.717) is 22.9 Å². The van der Waals surface area contributed by atoms with Crippen molar-refractivity contribution in [2.75, 3.05) is 24.3 Å². The predicted octanol–water partition coefficient (Wildman–Crippen LogP) is 4.34. The number of aliphatic hydroxyl groups is 1. The van der Waals surface area contributed by atoms with Crippen LogP contribution in [0.2, 0.25) is 5.02 Å². The highest BCUT2D eigenvalue weighted by molar-refractivity contribution is 6.33. The van der Waals surface area contributed by atoms with Crippen molar-refractivity contribution in [1.29, 1.82) is 5.26 Å². The summed E-state index contributed by atoms with van der Waals surface area (Å²) in [6, 6.07) is 5.22. The topological polar surface area (TPSA) is 132 Å². The fourth-order valence-electron chi connectivity index (χ4n) is 3.86. The molecule has 0 bridgehead atoms. The first-order chi connectivity index (χ1) is 16.9. The van der Waals surface area contributed by atoms with Gasteiger partial charge in [-0.1, -0.05) is 11.6 Å². The van der Waals surface area contributed by atoms with Gasteiger partial charge in [0.25, 0.3) is 5.91 Å². The summed E-state index contributed by atoms with van der Waals surface area (Å²) in [5.74, 6) is 0.173. The molecule has 1 fully saturated rings. The number of rotatable bonds is 9. The number of alkyl halides is 1. The largest absolute Gasteiger partial charge is 0.387 e. The van der Waals surface area contributed by atoms with Crippen LogP contribution in [0.3, 0.4) is 0 Å². The van der Waals surface area contributed by atoms with Crippen LogP contribution in [0.25, 0.3) is 0 Å². The monoisotopic (exact) mass is 518 g/mol. The Labute approximate surface area is 215 Å². The van der Waals surface area contributed by atoms with E-state index in [1.807, 2.05) is 6.07 Å². The minimum Gasteiger partial charge on any atom is -0.387 e. The third kappa shape index (κ3) is 7.03. The van der Waals surface area contributed by atoms with E-state index in [1.54, 1.807) is 13.2 Å². The van der Waals surface area contributed by atoms with Gasteiger partial charge in [0.2, 0.25) is 0 Å². The first kappa shape index (κ1) is 27.6. The number of aromatic nitrogens is 2. The van der Waals surface area contributed by atoms with Crippen molar-refractivity contribution in [2.45, 2.75) is 69.9 Å². The van der Waals surface area contributed by atoms with Gasteiger partial charge in [0.15, 0.2) is 0 Å². The maximum absolute atomic E-state index is 14.2. The maximum Gasteiger partial charge on any atom is 0.255 e. The molecular weight excluding hydrogens is 487 g/mol. The lowest BCUT2D eigenvalue weighted by Gasteiger charge is -2.37. The lowest BCUT2D eigenvalue weighted by atomic mass is 9.83. The van der Waals surface area contributed by atoms with Gasteiger partial charge in [-0.15, -0.1) is 0 Å². The van der Waals surface area contributed by atoms with Crippen LogP contribution in [-0.4, -0.2) is 58.1 Å². The predicted molar refractivity (Wildman–Crippen MR) is 136 cm³/mol. The Balaban J connectivity index is 1.83. The molecule has 1 aliphatic carbocycles. The van der Waals surface area contributed by atoms with E-state index < -0.39 is 17.7 Å². The quantitative estimate of drug-likeness (QED) is 0.385. The summed E-state index contributed by atoms with van der Waals surface area (Å²) in [5, 5.41) is 28.1. The second-order valence-corrected chi connectivity index (χ2v) is 10.2. The van der Waals surface area contributed by atoms with Gasteiger partial charge in [-0.05, 0) is 52.5 Å². The first-order valence-electron chi connectivity index (χ1n) is 11.7. The summed E-state index contributed by atoms with van der Waals surface area (Å²) in [6.07, 6.45) is 4.53. The summed E-state index contributed by atoms with van der Waals surface area (Å²) in [7, 11) is 1.71. The van der Waals surface area contributed by atoms with Gasteiger partial charge >= 0.3 is 0 Å². The van der Waals surface area contributed by atoms with Gasteiger partial charge in [-0.25, -0.2) is 14.4 Å². The van der Waals surface area contributed by atoms with Crippen molar-refractivity contribution in [1.82, 2.24) is 15.3 Å². The highest BCUT2D eigenvalue weighted by atomic mass is 35.5. The summed E-state index contributed by atoms with van der Waals surface area (Å²) in [6.45, 7) is 4.43. The van der Waals surface area contributed by atoms with Crippen LogP contribution in [0.15, 0.2) is 24.5 Å². The molecule has 4 N–H and O–H groups in total. The number of hydrogen-bond acceptors (Lipinski definition) is 8. The van der Waals surface area contributed by atoms with Crippen molar-refractivity contribution >= 4 is 34.8 Å². The molecule has 0 aliphatic heterocycles. The van der Waals surface area contributed by atoms with Crippen molar-refractivity contribution in [3.8, 4) is 6.07 Å². The summed E-state index contributed by atoms with van der Waals surface area (Å²) in [4.78, 5) is 21.4. The molecule has 11 heteroatoms. The Hall–Kier alpha value is -3.00. The molecule has 0 aromatic carbocycles. The number of nitriles is 1. The van der Waals surface area contributed by atoms with E-state index >= 15 is 0 Å². The number of carbonyl (C=O) groups excluding carboxylic acids is 1. The van der Waals surface area contributed by atoms with Gasteiger partial charge in [-0.2, -0.15) is 5.26 Å². The molecule has 2 aromatic heterocycles. The van der Waals surface area contributed by atoms with E-state index in [2.05, 4.69) is 32.8 Å². The van der Waals surface area contributed by atoms with E-state index in [1.165, 1.54) is 32.3 Å². The van der Waals surface area contributed by atoms with E-state index in [4.69, 9.17) is 21.6 Å². The third-order valence-corrected chi connectivity index (χ3v) is 6.76. The number of ether oxygens (including phenoxy) is 1. The van der Waals surface area contributed by atoms with Gasteiger partial charge in [0, 0.05) is 31.6 Å². The van der Waals surface area contributed by atoms with Crippen LogP contribution < -0.4 is 16.0 Å². The Kier molecular flexibility index (Phi) is 8.71. The number of methoxy groups -OCH3 is 1. The third-order valence-electron chi connectivity index (χ3n) is 6.47. The molecule has 194 valence electrons. The zero-order valence-corrected chi connectivity index (χ0v) is 21.6. The molecule has 2 aromatic rings. The molecular formula is C25H32ClFN6O3. The van der Waals surface area contributed by atoms with E-state index in [-0.39, 0.29) is 28.8 Å². The van der Waals surface area contributed by atoms with Crippen LogP contribution in [0.1, 0.15) is 62.4 Å². The van der Waals surface area contributed by atoms with Crippen molar-refractivity contribution in [3.05, 3.63) is 40.7 Å². The number of halogens is 2. The summed E-state index contributed by atoms with van der Waals surface area (Å²) < 4.78 is 19.8. The fraction of sp³-hybridized carbons (Fsp3) is 0.520. The van der Waals surface area contributed by atoms with Gasteiger partial charge in [0.1, 0.15) is 23.9 Å². The maximum atomic E-state index is 14.2. The molecule has 3 rings (SSSR count). The minimum absolute atomic E-state index is 0.0944. The molecule has 0 spiro atoms. The Bertz CT molecular complexity index is 1130. The van der Waals surface area contributed by atoms with Crippen molar-refractivity contribution in [3.63, 3.8) is 0 Å². The summed E-state index contributed by atoms with van der Waals surface area (Å²) in [5.41, 5.74) is -0.675. The second-order valence-electron chi connectivity index (χ2n) is 9.81. The highest BCUT2D eigenvalue weighted by Gasteiger charge is 2.32. The standard InChI is InChI=1S/C25H32ClFN6O3/c1-24(2,35)20(27)14-31-23(34)17-13-29-21(33-22-18(26)9-15(11-28)12-30-22)10-19(17)32-16-5-7-25(3,36-4)8-6-16/h9-10,12-13,16,20,35H,5-8,14H2,1-4H3,(H,31,34)(H2,29,30,32,33). The lowest BCUT2D eigenvalue weighted by molar-refractivity contribution is -0.0252. The zero-order chi connectivity index (χ0) is 26.5. The van der Waals surface area contributed by atoms with Gasteiger partial charge < -0.3 is 25.8 Å².